The maximum absolute atomic E-state index is 13.1. The quantitative estimate of drug-likeness (QED) is 0.293. The van der Waals surface area contributed by atoms with Crippen LogP contribution in [0, 0.1) is 11.7 Å². The first kappa shape index (κ1) is 25.6. The smallest absolute Gasteiger partial charge is 0.223 e. The highest BCUT2D eigenvalue weighted by molar-refractivity contribution is 14.0. The van der Waals surface area contributed by atoms with Crippen molar-refractivity contribution in [2.45, 2.75) is 57.7 Å². The Morgan fingerprint density at radius 3 is 2.55 bits per heavy atom. The molecule has 1 fully saturated rings. The Morgan fingerprint density at radius 1 is 1.28 bits per heavy atom. The summed E-state index contributed by atoms with van der Waals surface area (Å²) in [7, 11) is 3.35. The molecule has 29 heavy (non-hydrogen) atoms. The topological polar surface area (TPSA) is 74.8 Å². The molecule has 0 spiro atoms. The number of halogens is 2. The van der Waals surface area contributed by atoms with Crippen LogP contribution >= 0.6 is 24.0 Å². The van der Waals surface area contributed by atoms with Gasteiger partial charge in [0.15, 0.2) is 5.96 Å². The number of nitrogens with zero attached hydrogens (tertiary/aromatic N) is 1. The van der Waals surface area contributed by atoms with Gasteiger partial charge in [0.2, 0.25) is 5.91 Å². The van der Waals surface area contributed by atoms with Crippen LogP contribution in [-0.4, -0.2) is 44.7 Å². The second-order valence-electron chi connectivity index (χ2n) is 7.60. The van der Waals surface area contributed by atoms with E-state index < -0.39 is 0 Å². The van der Waals surface area contributed by atoms with Crippen LogP contribution in [0.4, 0.5) is 4.39 Å². The number of benzene rings is 1. The number of amides is 1. The Bertz CT molecular complexity index is 655. The molecule has 6 nitrogen and oxygen atoms in total. The summed E-state index contributed by atoms with van der Waals surface area (Å²) < 4.78 is 18.7. The van der Waals surface area contributed by atoms with Gasteiger partial charge in [0.1, 0.15) is 5.82 Å². The van der Waals surface area contributed by atoms with E-state index in [1.165, 1.54) is 12.1 Å². The molecular formula is C21H34FIN4O2. The van der Waals surface area contributed by atoms with Gasteiger partial charge in [-0.3, -0.25) is 9.79 Å². The predicted octanol–water partition coefficient (Wildman–Crippen LogP) is 3.38. The van der Waals surface area contributed by atoms with Crippen LogP contribution < -0.4 is 16.0 Å². The molecule has 164 valence electrons. The number of nitrogens with one attached hydrogen (secondary N) is 3. The van der Waals surface area contributed by atoms with Crippen LogP contribution in [0.5, 0.6) is 0 Å². The first-order valence-electron chi connectivity index (χ1n) is 9.98. The zero-order chi connectivity index (χ0) is 20.5. The summed E-state index contributed by atoms with van der Waals surface area (Å²) >= 11 is 0. The molecule has 0 saturated heterocycles. The Kier molecular flexibility index (Phi) is 11.5. The minimum Gasteiger partial charge on any atom is -0.375 e. The van der Waals surface area contributed by atoms with Gasteiger partial charge in [0.25, 0.3) is 0 Å². The fourth-order valence-corrected chi connectivity index (χ4v) is 3.55. The summed E-state index contributed by atoms with van der Waals surface area (Å²) in [6.07, 6.45) is 3.54. The van der Waals surface area contributed by atoms with E-state index in [9.17, 15) is 9.18 Å². The molecule has 2 rings (SSSR count). The van der Waals surface area contributed by atoms with E-state index >= 15 is 0 Å². The second-order valence-corrected chi connectivity index (χ2v) is 7.60. The summed E-state index contributed by atoms with van der Waals surface area (Å²) in [6, 6.07) is 6.67. The number of methoxy groups -OCH3 is 1. The van der Waals surface area contributed by atoms with Crippen molar-refractivity contribution < 1.29 is 13.9 Å². The van der Waals surface area contributed by atoms with Crippen molar-refractivity contribution in [3.8, 4) is 0 Å². The molecule has 1 aliphatic carbocycles. The molecular weight excluding hydrogens is 486 g/mol. The van der Waals surface area contributed by atoms with Gasteiger partial charge in [-0.25, -0.2) is 4.39 Å². The molecule has 0 radical (unpaired) electrons. The average molecular weight is 520 g/mol. The Labute approximate surface area is 190 Å². The van der Waals surface area contributed by atoms with Crippen LogP contribution in [0.2, 0.25) is 0 Å². The lowest BCUT2D eigenvalue weighted by Gasteiger charge is -2.31. The Balaban J connectivity index is 0.00000420. The first-order valence-corrected chi connectivity index (χ1v) is 9.98. The van der Waals surface area contributed by atoms with Crippen molar-refractivity contribution in [2.75, 3.05) is 20.7 Å². The van der Waals surface area contributed by atoms with Gasteiger partial charge in [-0.15, -0.1) is 24.0 Å². The van der Waals surface area contributed by atoms with E-state index in [2.05, 4.69) is 20.9 Å². The Morgan fingerprint density at radius 2 is 1.97 bits per heavy atom. The standard InChI is InChI=1S/C21H33FN4O2.HI/c1-14(2)25-20(27)16-6-5-7-18(12-16)26-21(23-3)24-13-19(28-4)15-8-10-17(22)11-9-15;/h8-11,14,16,18-19H,5-7,12-13H2,1-4H3,(H,25,27)(H2,23,24,26);1H. The van der Waals surface area contributed by atoms with E-state index in [0.29, 0.717) is 12.5 Å². The molecule has 3 atom stereocenters. The first-order chi connectivity index (χ1) is 13.4. The van der Waals surface area contributed by atoms with Gasteiger partial charge in [0, 0.05) is 38.7 Å². The molecule has 1 saturated carbocycles. The van der Waals surface area contributed by atoms with Crippen LogP contribution in [0.1, 0.15) is 51.2 Å². The fraction of sp³-hybridized carbons (Fsp3) is 0.619. The number of guanidine groups is 1. The van der Waals surface area contributed by atoms with Crippen LogP contribution in [0.15, 0.2) is 29.3 Å². The molecule has 0 bridgehead atoms. The number of hydrogen-bond donors (Lipinski definition) is 3. The molecule has 3 N–H and O–H groups in total. The monoisotopic (exact) mass is 520 g/mol. The van der Waals surface area contributed by atoms with Crippen molar-refractivity contribution in [3.63, 3.8) is 0 Å². The van der Waals surface area contributed by atoms with E-state index in [1.54, 1.807) is 26.3 Å². The summed E-state index contributed by atoms with van der Waals surface area (Å²) in [4.78, 5) is 16.6. The van der Waals surface area contributed by atoms with Crippen molar-refractivity contribution in [2.24, 2.45) is 10.9 Å². The third-order valence-corrected chi connectivity index (χ3v) is 5.02. The molecule has 0 aromatic heterocycles. The Hall–Kier alpha value is -1.42. The largest absolute Gasteiger partial charge is 0.375 e. The van der Waals surface area contributed by atoms with Crippen LogP contribution in [0.3, 0.4) is 0 Å². The fourth-order valence-electron chi connectivity index (χ4n) is 3.55. The highest BCUT2D eigenvalue weighted by atomic mass is 127. The zero-order valence-corrected chi connectivity index (χ0v) is 20.0. The number of ether oxygens (including phenoxy) is 1. The molecule has 0 heterocycles. The molecule has 1 aliphatic rings. The number of carbonyl (C=O) groups excluding carboxylic acids is 1. The molecule has 3 unspecified atom stereocenters. The van der Waals surface area contributed by atoms with Gasteiger partial charge >= 0.3 is 0 Å². The van der Waals surface area contributed by atoms with Crippen LogP contribution in [0.25, 0.3) is 0 Å². The summed E-state index contributed by atoms with van der Waals surface area (Å²) in [5, 5.41) is 9.72. The van der Waals surface area contributed by atoms with E-state index in [-0.39, 0.29) is 59.8 Å². The van der Waals surface area contributed by atoms with Gasteiger partial charge < -0.3 is 20.7 Å². The normalized spacial score (nSPS) is 20.6. The van der Waals surface area contributed by atoms with E-state index in [1.807, 2.05) is 13.8 Å². The average Bonchev–Trinajstić information content (AvgIpc) is 2.68. The summed E-state index contributed by atoms with van der Waals surface area (Å²) in [5.41, 5.74) is 0.898. The van der Waals surface area contributed by atoms with E-state index in [0.717, 1.165) is 31.2 Å². The lowest BCUT2D eigenvalue weighted by molar-refractivity contribution is -0.126. The van der Waals surface area contributed by atoms with Crippen LogP contribution in [-0.2, 0) is 9.53 Å². The summed E-state index contributed by atoms with van der Waals surface area (Å²) in [6.45, 7) is 4.47. The molecule has 1 amide bonds. The molecule has 1 aromatic rings. The van der Waals surface area contributed by atoms with E-state index in [4.69, 9.17) is 4.74 Å². The van der Waals surface area contributed by atoms with Gasteiger partial charge in [-0.2, -0.15) is 0 Å². The summed E-state index contributed by atoms with van der Waals surface area (Å²) in [5.74, 6) is 0.592. The third kappa shape index (κ3) is 8.46. The zero-order valence-electron chi connectivity index (χ0n) is 17.7. The van der Waals surface area contributed by atoms with Gasteiger partial charge in [-0.05, 0) is 50.8 Å². The number of hydrogen-bond acceptors (Lipinski definition) is 3. The highest BCUT2D eigenvalue weighted by Gasteiger charge is 2.28. The minimum atomic E-state index is -0.266. The van der Waals surface area contributed by atoms with Crippen molar-refractivity contribution in [1.82, 2.24) is 16.0 Å². The molecule has 0 aliphatic heterocycles. The molecule has 1 aromatic carbocycles. The maximum Gasteiger partial charge on any atom is 0.223 e. The maximum atomic E-state index is 13.1. The second kappa shape index (κ2) is 13.0. The van der Waals surface area contributed by atoms with Crippen molar-refractivity contribution >= 4 is 35.8 Å². The highest BCUT2D eigenvalue weighted by Crippen LogP contribution is 2.24. The lowest BCUT2D eigenvalue weighted by atomic mass is 9.85. The van der Waals surface area contributed by atoms with Gasteiger partial charge in [0.05, 0.1) is 6.10 Å². The SMILES string of the molecule is CN=C(NCC(OC)c1ccc(F)cc1)NC1CCCC(C(=O)NC(C)C)C1.I. The van der Waals surface area contributed by atoms with Crippen molar-refractivity contribution in [3.05, 3.63) is 35.6 Å². The number of rotatable bonds is 7. The number of aliphatic imine (C=N–C) groups is 1. The molecule has 8 heteroatoms. The van der Waals surface area contributed by atoms with Gasteiger partial charge in [-0.1, -0.05) is 18.6 Å². The lowest BCUT2D eigenvalue weighted by Crippen LogP contribution is -2.48. The third-order valence-electron chi connectivity index (χ3n) is 5.02. The number of carbonyl (C=O) groups is 1. The minimum absolute atomic E-state index is 0. The predicted molar refractivity (Wildman–Crippen MR) is 125 cm³/mol. The van der Waals surface area contributed by atoms with Crippen molar-refractivity contribution in [1.29, 1.82) is 0 Å².